The Morgan fingerprint density at radius 2 is 2.09 bits per heavy atom. The van der Waals surface area contributed by atoms with E-state index in [-0.39, 0.29) is 10.6 Å². The van der Waals surface area contributed by atoms with Crippen molar-refractivity contribution in [2.24, 2.45) is 5.14 Å². The molecule has 122 valence electrons. The van der Waals surface area contributed by atoms with Gasteiger partial charge in [0.2, 0.25) is 10.0 Å². The van der Waals surface area contributed by atoms with Crippen LogP contribution in [0.2, 0.25) is 0 Å². The molecule has 1 atom stereocenters. The van der Waals surface area contributed by atoms with Crippen molar-refractivity contribution >= 4 is 21.4 Å². The topological polar surface area (TPSA) is 110 Å². The van der Waals surface area contributed by atoms with E-state index < -0.39 is 14.9 Å². The molecule has 0 amide bonds. The smallest absolute Gasteiger partial charge is 0.293 e. The average Bonchev–Trinajstić information content (AvgIpc) is 2.45. The Bertz CT molecular complexity index is 675. The second-order valence-electron chi connectivity index (χ2n) is 5.66. The lowest BCUT2D eigenvalue weighted by Crippen LogP contribution is -2.45. The SMILES string of the molecule is CN(C)C1CCCN(c2ccc(S(N)(=O)=O)cc2[N+](=O)[O-])C1. The molecule has 2 N–H and O–H groups in total. The summed E-state index contributed by atoms with van der Waals surface area (Å²) in [5.41, 5.74) is 0.204. The van der Waals surface area contributed by atoms with E-state index in [1.165, 1.54) is 12.1 Å². The fourth-order valence-electron chi connectivity index (χ4n) is 2.69. The van der Waals surface area contributed by atoms with Gasteiger partial charge in [-0.3, -0.25) is 10.1 Å². The molecule has 1 heterocycles. The summed E-state index contributed by atoms with van der Waals surface area (Å²) < 4.78 is 22.7. The summed E-state index contributed by atoms with van der Waals surface area (Å²) in [6.07, 6.45) is 1.96. The number of nitrogens with zero attached hydrogens (tertiary/aromatic N) is 3. The zero-order chi connectivity index (χ0) is 16.5. The van der Waals surface area contributed by atoms with Crippen LogP contribution in [0.3, 0.4) is 0 Å². The second kappa shape index (κ2) is 6.19. The zero-order valence-electron chi connectivity index (χ0n) is 12.6. The molecule has 9 heteroatoms. The van der Waals surface area contributed by atoms with Gasteiger partial charge in [-0.25, -0.2) is 13.6 Å². The van der Waals surface area contributed by atoms with Gasteiger partial charge in [0, 0.05) is 25.2 Å². The molecule has 1 aliphatic heterocycles. The fourth-order valence-corrected chi connectivity index (χ4v) is 3.22. The van der Waals surface area contributed by atoms with E-state index in [0.717, 1.165) is 18.9 Å². The predicted octanol–water partition coefficient (Wildman–Crippen LogP) is 0.773. The van der Waals surface area contributed by atoms with Crippen molar-refractivity contribution in [3.63, 3.8) is 0 Å². The Balaban J connectivity index is 2.40. The number of piperidine rings is 1. The maximum absolute atomic E-state index is 11.4. The van der Waals surface area contributed by atoms with Gasteiger partial charge in [-0.15, -0.1) is 0 Å². The molecular formula is C13H20N4O4S. The number of likely N-dealkylation sites (N-methyl/N-ethyl adjacent to an activating group) is 1. The Morgan fingerprint density at radius 3 is 2.64 bits per heavy atom. The first-order valence-corrected chi connectivity index (χ1v) is 8.47. The monoisotopic (exact) mass is 328 g/mol. The lowest BCUT2D eigenvalue weighted by atomic mass is 10.0. The first kappa shape index (κ1) is 16.7. The minimum absolute atomic E-state index is 0.231. The molecular weight excluding hydrogens is 308 g/mol. The van der Waals surface area contributed by atoms with Crippen LogP contribution in [0.15, 0.2) is 23.1 Å². The van der Waals surface area contributed by atoms with Crippen LogP contribution in [0.4, 0.5) is 11.4 Å². The van der Waals surface area contributed by atoms with Gasteiger partial charge in [0.1, 0.15) is 5.69 Å². The number of primary sulfonamides is 1. The van der Waals surface area contributed by atoms with E-state index in [1.54, 1.807) is 0 Å². The summed E-state index contributed by atoms with van der Waals surface area (Å²) >= 11 is 0. The van der Waals surface area contributed by atoms with Crippen LogP contribution in [0.1, 0.15) is 12.8 Å². The van der Waals surface area contributed by atoms with Crippen LogP contribution in [-0.2, 0) is 10.0 Å². The van der Waals surface area contributed by atoms with Gasteiger partial charge in [0.25, 0.3) is 5.69 Å². The summed E-state index contributed by atoms with van der Waals surface area (Å²) in [5.74, 6) is 0. The molecule has 0 saturated carbocycles. The number of nitro groups is 1. The first-order valence-electron chi connectivity index (χ1n) is 6.93. The van der Waals surface area contributed by atoms with E-state index in [1.807, 2.05) is 19.0 Å². The lowest BCUT2D eigenvalue weighted by Gasteiger charge is -2.37. The number of nitrogens with two attached hydrogens (primary N) is 1. The van der Waals surface area contributed by atoms with E-state index in [0.29, 0.717) is 24.8 Å². The quantitative estimate of drug-likeness (QED) is 0.646. The highest BCUT2D eigenvalue weighted by molar-refractivity contribution is 7.89. The molecule has 0 bridgehead atoms. The Morgan fingerprint density at radius 1 is 1.41 bits per heavy atom. The maximum atomic E-state index is 11.4. The van der Waals surface area contributed by atoms with Crippen molar-refractivity contribution in [3.05, 3.63) is 28.3 Å². The van der Waals surface area contributed by atoms with E-state index >= 15 is 0 Å². The van der Waals surface area contributed by atoms with Crippen molar-refractivity contribution in [1.29, 1.82) is 0 Å². The zero-order valence-corrected chi connectivity index (χ0v) is 13.4. The molecule has 1 aromatic carbocycles. The van der Waals surface area contributed by atoms with Crippen LogP contribution in [0.5, 0.6) is 0 Å². The van der Waals surface area contributed by atoms with Crippen molar-refractivity contribution < 1.29 is 13.3 Å². The molecule has 2 rings (SSSR count). The number of sulfonamides is 1. The predicted molar refractivity (Wildman–Crippen MR) is 83.4 cm³/mol. The molecule has 8 nitrogen and oxygen atoms in total. The molecule has 0 aromatic heterocycles. The van der Waals surface area contributed by atoms with Crippen LogP contribution in [-0.4, -0.2) is 51.5 Å². The van der Waals surface area contributed by atoms with Gasteiger partial charge in [0.05, 0.1) is 9.82 Å². The second-order valence-corrected chi connectivity index (χ2v) is 7.22. The average molecular weight is 328 g/mol. The number of nitro benzene ring substituents is 1. The van der Waals surface area contributed by atoms with Crippen LogP contribution < -0.4 is 10.0 Å². The van der Waals surface area contributed by atoms with E-state index in [2.05, 4.69) is 4.90 Å². The molecule has 1 aliphatic rings. The van der Waals surface area contributed by atoms with Gasteiger partial charge >= 0.3 is 0 Å². The highest BCUT2D eigenvalue weighted by Gasteiger charge is 2.27. The van der Waals surface area contributed by atoms with Gasteiger partial charge in [-0.05, 0) is 39.1 Å². The molecule has 0 aliphatic carbocycles. The minimum Gasteiger partial charge on any atom is -0.364 e. The van der Waals surface area contributed by atoms with Gasteiger partial charge in [-0.1, -0.05) is 0 Å². The molecule has 1 aromatic rings. The summed E-state index contributed by atoms with van der Waals surface area (Å²) in [4.78, 5) is 14.5. The molecule has 1 saturated heterocycles. The Hall–Kier alpha value is -1.71. The number of anilines is 1. The molecule has 1 unspecified atom stereocenters. The fraction of sp³-hybridized carbons (Fsp3) is 0.538. The van der Waals surface area contributed by atoms with Crippen LogP contribution >= 0.6 is 0 Å². The van der Waals surface area contributed by atoms with Gasteiger partial charge < -0.3 is 9.80 Å². The molecule has 22 heavy (non-hydrogen) atoms. The number of benzene rings is 1. The highest BCUT2D eigenvalue weighted by Crippen LogP contribution is 2.32. The molecule has 0 radical (unpaired) electrons. The van der Waals surface area contributed by atoms with Crippen molar-refractivity contribution in [3.8, 4) is 0 Å². The van der Waals surface area contributed by atoms with E-state index in [9.17, 15) is 18.5 Å². The standard InChI is InChI=1S/C13H20N4O4S/c1-15(2)10-4-3-7-16(9-10)12-6-5-11(22(14,20)21)8-13(12)17(18)19/h5-6,8,10H,3-4,7,9H2,1-2H3,(H2,14,20,21). The normalized spacial score (nSPS) is 19.5. The third kappa shape index (κ3) is 3.54. The number of hydrogen-bond acceptors (Lipinski definition) is 6. The summed E-state index contributed by atoms with van der Waals surface area (Å²) in [5, 5.41) is 16.3. The Kier molecular flexibility index (Phi) is 4.69. The van der Waals surface area contributed by atoms with Crippen LogP contribution in [0.25, 0.3) is 0 Å². The lowest BCUT2D eigenvalue weighted by molar-refractivity contribution is -0.384. The minimum atomic E-state index is -3.96. The van der Waals surface area contributed by atoms with Gasteiger partial charge in [-0.2, -0.15) is 0 Å². The number of rotatable bonds is 4. The van der Waals surface area contributed by atoms with Crippen LogP contribution in [0, 0.1) is 10.1 Å². The maximum Gasteiger partial charge on any atom is 0.293 e. The van der Waals surface area contributed by atoms with E-state index in [4.69, 9.17) is 5.14 Å². The third-order valence-corrected chi connectivity index (χ3v) is 4.85. The largest absolute Gasteiger partial charge is 0.364 e. The third-order valence-electron chi connectivity index (χ3n) is 3.94. The van der Waals surface area contributed by atoms with Crippen molar-refractivity contribution in [2.45, 2.75) is 23.8 Å². The highest BCUT2D eigenvalue weighted by atomic mass is 32.2. The summed E-state index contributed by atoms with van der Waals surface area (Å²) in [6, 6.07) is 4.13. The summed E-state index contributed by atoms with van der Waals surface area (Å²) in [7, 11) is -0.00404. The molecule has 0 spiro atoms. The van der Waals surface area contributed by atoms with Crippen molar-refractivity contribution in [1.82, 2.24) is 4.90 Å². The Labute approximate surface area is 129 Å². The number of hydrogen-bond donors (Lipinski definition) is 1. The summed E-state index contributed by atoms with van der Waals surface area (Å²) in [6.45, 7) is 1.38. The van der Waals surface area contributed by atoms with Crippen molar-refractivity contribution in [2.75, 3.05) is 32.1 Å². The van der Waals surface area contributed by atoms with Gasteiger partial charge in [0.15, 0.2) is 0 Å². The molecule has 1 fully saturated rings. The first-order chi connectivity index (χ1) is 10.2.